The second kappa shape index (κ2) is 11.0. The van der Waals surface area contributed by atoms with Crippen molar-refractivity contribution in [3.63, 3.8) is 0 Å². The van der Waals surface area contributed by atoms with Gasteiger partial charge in [0.25, 0.3) is 5.91 Å². The number of rotatable bonds is 7. The van der Waals surface area contributed by atoms with Crippen molar-refractivity contribution >= 4 is 17.5 Å². The van der Waals surface area contributed by atoms with Gasteiger partial charge in [0.15, 0.2) is 6.10 Å². The Bertz CT molecular complexity index is 987. The Balaban J connectivity index is 0.00000133. The molecule has 1 saturated heterocycles. The first kappa shape index (κ1) is 24.2. The topological polar surface area (TPSA) is 82.1 Å². The molecular formula is C27H35N3O4. The lowest BCUT2D eigenvalue weighted by Crippen LogP contribution is -2.44. The summed E-state index contributed by atoms with van der Waals surface area (Å²) in [6, 6.07) is 15.9. The van der Waals surface area contributed by atoms with Gasteiger partial charge in [0.2, 0.25) is 5.91 Å². The first-order chi connectivity index (χ1) is 16.6. The Morgan fingerprint density at radius 1 is 1.12 bits per heavy atom. The van der Waals surface area contributed by atoms with E-state index in [4.69, 9.17) is 9.84 Å². The zero-order valence-electron chi connectivity index (χ0n) is 20.1. The van der Waals surface area contributed by atoms with Gasteiger partial charge in [0.05, 0.1) is 6.04 Å². The van der Waals surface area contributed by atoms with Crippen LogP contribution < -0.4 is 10.1 Å². The van der Waals surface area contributed by atoms with E-state index in [9.17, 15) is 9.59 Å². The molecule has 2 fully saturated rings. The SMILES string of the molecule is CN(C(=O)[C@@H]1Cc2cc(NC(=O)C3CC3)ccc2O1)C(CN1CCCC1)c1ccccc1.CO. The monoisotopic (exact) mass is 465 g/mol. The Morgan fingerprint density at radius 3 is 2.50 bits per heavy atom. The number of likely N-dealkylation sites (N-methyl/N-ethyl adjacent to an activating group) is 1. The van der Waals surface area contributed by atoms with Crippen LogP contribution in [-0.4, -0.2) is 66.6 Å². The second-order valence-corrected chi connectivity index (χ2v) is 9.28. The molecule has 7 nitrogen and oxygen atoms in total. The van der Waals surface area contributed by atoms with Crippen LogP contribution in [0, 0.1) is 5.92 Å². The lowest BCUT2D eigenvalue weighted by atomic mass is 10.0. The van der Waals surface area contributed by atoms with Gasteiger partial charge < -0.3 is 25.0 Å². The molecule has 0 bridgehead atoms. The van der Waals surface area contributed by atoms with Crippen LogP contribution in [0.3, 0.4) is 0 Å². The van der Waals surface area contributed by atoms with Gasteiger partial charge >= 0.3 is 0 Å². The van der Waals surface area contributed by atoms with Gasteiger partial charge in [-0.15, -0.1) is 0 Å². The van der Waals surface area contributed by atoms with Crippen molar-refractivity contribution in [2.75, 3.05) is 39.1 Å². The molecule has 7 heteroatoms. The summed E-state index contributed by atoms with van der Waals surface area (Å²) in [5.74, 6) is 0.978. The Morgan fingerprint density at radius 2 is 1.82 bits per heavy atom. The van der Waals surface area contributed by atoms with Gasteiger partial charge in [-0.05, 0) is 62.5 Å². The molecule has 0 spiro atoms. The van der Waals surface area contributed by atoms with Crippen LogP contribution in [-0.2, 0) is 16.0 Å². The number of carbonyl (C=O) groups is 2. The molecule has 0 radical (unpaired) electrons. The van der Waals surface area contributed by atoms with E-state index in [1.165, 1.54) is 12.8 Å². The van der Waals surface area contributed by atoms with Gasteiger partial charge in [0, 0.05) is 44.3 Å². The van der Waals surface area contributed by atoms with Crippen LogP contribution >= 0.6 is 0 Å². The van der Waals surface area contributed by atoms with Crippen LogP contribution in [0.1, 0.15) is 42.9 Å². The Hall–Kier alpha value is -2.90. The molecule has 182 valence electrons. The molecule has 0 aromatic heterocycles. The largest absolute Gasteiger partial charge is 0.480 e. The smallest absolute Gasteiger partial charge is 0.264 e. The number of hydrogen-bond donors (Lipinski definition) is 2. The number of anilines is 1. The minimum atomic E-state index is -0.533. The van der Waals surface area contributed by atoms with E-state index in [2.05, 4.69) is 22.3 Å². The summed E-state index contributed by atoms with van der Waals surface area (Å²) in [6.07, 6.45) is 4.39. The van der Waals surface area contributed by atoms with Gasteiger partial charge in [-0.3, -0.25) is 9.59 Å². The third kappa shape index (κ3) is 5.59. The number of aliphatic hydroxyl groups excluding tert-OH is 1. The second-order valence-electron chi connectivity index (χ2n) is 9.28. The summed E-state index contributed by atoms with van der Waals surface area (Å²) in [4.78, 5) is 29.9. The fraction of sp³-hybridized carbons (Fsp3) is 0.481. The molecule has 1 aliphatic carbocycles. The normalized spacial score (nSPS) is 19.9. The number of carbonyl (C=O) groups excluding carboxylic acids is 2. The predicted molar refractivity (Wildman–Crippen MR) is 132 cm³/mol. The highest BCUT2D eigenvalue weighted by Gasteiger charge is 2.35. The fourth-order valence-electron chi connectivity index (χ4n) is 4.77. The maximum absolute atomic E-state index is 13.5. The van der Waals surface area contributed by atoms with E-state index in [1.807, 2.05) is 48.3 Å². The van der Waals surface area contributed by atoms with E-state index >= 15 is 0 Å². The molecule has 34 heavy (non-hydrogen) atoms. The van der Waals surface area contributed by atoms with Gasteiger partial charge in [-0.1, -0.05) is 30.3 Å². The minimum Gasteiger partial charge on any atom is -0.480 e. The zero-order chi connectivity index (χ0) is 24.1. The van der Waals surface area contributed by atoms with Crippen molar-refractivity contribution in [2.45, 2.75) is 44.2 Å². The van der Waals surface area contributed by atoms with Crippen molar-refractivity contribution in [1.29, 1.82) is 0 Å². The van der Waals surface area contributed by atoms with Gasteiger partial charge in [-0.25, -0.2) is 0 Å². The molecule has 1 unspecified atom stereocenters. The molecule has 2 N–H and O–H groups in total. The molecule has 2 amide bonds. The third-order valence-electron chi connectivity index (χ3n) is 6.86. The number of benzene rings is 2. The van der Waals surface area contributed by atoms with Crippen LogP contribution in [0.15, 0.2) is 48.5 Å². The summed E-state index contributed by atoms with van der Waals surface area (Å²) in [5.41, 5.74) is 2.90. The average Bonchev–Trinajstić information content (AvgIpc) is 3.44. The number of fused-ring (bicyclic) bond motifs is 1. The summed E-state index contributed by atoms with van der Waals surface area (Å²) in [6.45, 7) is 3.02. The van der Waals surface area contributed by atoms with E-state index in [0.29, 0.717) is 6.42 Å². The zero-order valence-corrected chi connectivity index (χ0v) is 20.1. The Kier molecular flexibility index (Phi) is 7.85. The quantitative estimate of drug-likeness (QED) is 0.656. The van der Waals surface area contributed by atoms with Crippen LogP contribution in [0.5, 0.6) is 5.75 Å². The molecule has 2 atom stereocenters. The van der Waals surface area contributed by atoms with Crippen LogP contribution in [0.4, 0.5) is 5.69 Å². The molecule has 1 saturated carbocycles. The minimum absolute atomic E-state index is 0.00202. The fourth-order valence-corrected chi connectivity index (χ4v) is 4.77. The molecule has 2 heterocycles. The first-order valence-electron chi connectivity index (χ1n) is 12.2. The standard InChI is InChI=1S/C26H31N3O3.CH4O/c1-28(22(17-29-13-5-6-14-29)18-7-3-2-4-8-18)26(31)24-16-20-15-21(11-12-23(20)32-24)27-25(30)19-9-10-19;1-2/h2-4,7-8,11-12,15,19,22,24H,5-6,9-10,13-14,16-17H2,1H3,(H,27,30);2H,1H3/t22?,24-;/m0./s1. The molecule has 2 aromatic carbocycles. The number of hydrogen-bond acceptors (Lipinski definition) is 5. The summed E-state index contributed by atoms with van der Waals surface area (Å²) in [7, 11) is 2.89. The average molecular weight is 466 g/mol. The molecule has 2 aliphatic heterocycles. The maximum atomic E-state index is 13.5. The summed E-state index contributed by atoms with van der Waals surface area (Å²) < 4.78 is 6.05. The molecule has 3 aliphatic rings. The van der Waals surface area contributed by atoms with Crippen molar-refractivity contribution in [2.24, 2.45) is 5.92 Å². The lowest BCUT2D eigenvalue weighted by molar-refractivity contribution is -0.139. The molecule has 5 rings (SSSR count). The lowest BCUT2D eigenvalue weighted by Gasteiger charge is -2.33. The Labute approximate surface area is 201 Å². The third-order valence-corrected chi connectivity index (χ3v) is 6.86. The van der Waals surface area contributed by atoms with E-state index in [-0.39, 0.29) is 23.8 Å². The van der Waals surface area contributed by atoms with E-state index in [0.717, 1.165) is 62.1 Å². The summed E-state index contributed by atoms with van der Waals surface area (Å²) in [5, 5.41) is 9.99. The van der Waals surface area contributed by atoms with Crippen molar-refractivity contribution in [3.05, 3.63) is 59.7 Å². The van der Waals surface area contributed by atoms with E-state index < -0.39 is 6.10 Å². The number of ether oxygens (including phenoxy) is 1. The number of nitrogens with zero attached hydrogens (tertiary/aromatic N) is 2. The number of aliphatic hydroxyl groups is 1. The van der Waals surface area contributed by atoms with Crippen molar-refractivity contribution in [3.8, 4) is 5.75 Å². The molecular weight excluding hydrogens is 430 g/mol. The van der Waals surface area contributed by atoms with Gasteiger partial charge in [0.1, 0.15) is 5.75 Å². The van der Waals surface area contributed by atoms with Crippen LogP contribution in [0.2, 0.25) is 0 Å². The van der Waals surface area contributed by atoms with Gasteiger partial charge in [-0.2, -0.15) is 0 Å². The number of nitrogens with one attached hydrogen (secondary N) is 1. The predicted octanol–water partition coefficient (Wildman–Crippen LogP) is 3.24. The van der Waals surface area contributed by atoms with E-state index in [1.54, 1.807) is 0 Å². The van der Waals surface area contributed by atoms with Crippen molar-refractivity contribution in [1.82, 2.24) is 9.80 Å². The first-order valence-corrected chi connectivity index (χ1v) is 12.2. The highest BCUT2D eigenvalue weighted by Crippen LogP contribution is 2.35. The highest BCUT2D eigenvalue weighted by molar-refractivity contribution is 5.94. The van der Waals surface area contributed by atoms with Crippen LogP contribution in [0.25, 0.3) is 0 Å². The van der Waals surface area contributed by atoms with Crippen molar-refractivity contribution < 1.29 is 19.4 Å². The highest BCUT2D eigenvalue weighted by atomic mass is 16.5. The summed E-state index contributed by atoms with van der Waals surface area (Å²) >= 11 is 0. The number of amides is 2. The maximum Gasteiger partial charge on any atom is 0.264 e. The number of likely N-dealkylation sites (tertiary alicyclic amines) is 1. The molecule has 2 aromatic rings.